The van der Waals surface area contributed by atoms with Gasteiger partial charge in [-0.3, -0.25) is 14.3 Å². The molecule has 0 fully saturated rings. The molecule has 4 rings (SSSR count). The predicted octanol–water partition coefficient (Wildman–Crippen LogP) is 3.38. The highest BCUT2D eigenvalue weighted by atomic mass is 16.2. The molecule has 37 heavy (non-hydrogen) atoms. The molecule has 186 valence electrons. The molecule has 0 bridgehead atoms. The first kappa shape index (κ1) is 25.3. The van der Waals surface area contributed by atoms with Crippen molar-refractivity contribution < 1.29 is 9.59 Å². The number of benzene rings is 2. The molecule has 2 aromatic carbocycles. The smallest absolute Gasteiger partial charge is 0.247 e. The van der Waals surface area contributed by atoms with Crippen molar-refractivity contribution in [2.45, 2.75) is 25.4 Å². The van der Waals surface area contributed by atoms with Gasteiger partial charge in [-0.15, -0.1) is 0 Å². The molecule has 0 aliphatic rings. The van der Waals surface area contributed by atoms with Crippen LogP contribution in [0.1, 0.15) is 35.6 Å². The number of primary amides is 1. The van der Waals surface area contributed by atoms with Gasteiger partial charge in [-0.2, -0.15) is 10.4 Å². The molecule has 2 amide bonds. The number of nitrogens with zero attached hydrogens (tertiary/aromatic N) is 4. The van der Waals surface area contributed by atoms with Crippen molar-refractivity contribution in [2.24, 2.45) is 5.73 Å². The predicted molar refractivity (Wildman–Crippen MR) is 140 cm³/mol. The maximum Gasteiger partial charge on any atom is 0.247 e. The number of hydrogen-bond donors (Lipinski definition) is 3. The van der Waals surface area contributed by atoms with Gasteiger partial charge < -0.3 is 16.4 Å². The second-order valence-corrected chi connectivity index (χ2v) is 8.70. The van der Waals surface area contributed by atoms with E-state index in [1.165, 1.54) is 4.68 Å². The molecule has 0 spiro atoms. The topological polar surface area (TPSA) is 139 Å². The quantitative estimate of drug-likeness (QED) is 0.310. The van der Waals surface area contributed by atoms with Crippen LogP contribution in [0.25, 0.3) is 11.1 Å². The fourth-order valence-electron chi connectivity index (χ4n) is 3.90. The van der Waals surface area contributed by atoms with Crippen LogP contribution in [0.4, 0.5) is 5.82 Å². The van der Waals surface area contributed by atoms with E-state index >= 15 is 0 Å². The lowest BCUT2D eigenvalue weighted by Gasteiger charge is -2.21. The Bertz CT molecular complexity index is 1390. The maximum absolute atomic E-state index is 13.3. The number of carbonyl (C=O) groups excluding carboxylic acids is 2. The summed E-state index contributed by atoms with van der Waals surface area (Å²) in [4.78, 5) is 28.8. The third-order valence-corrected chi connectivity index (χ3v) is 5.93. The summed E-state index contributed by atoms with van der Waals surface area (Å²) in [6, 6.07) is 22.1. The highest BCUT2D eigenvalue weighted by Gasteiger charge is 2.22. The fraction of sp³-hybridized carbons (Fsp3) is 0.179. The van der Waals surface area contributed by atoms with Crippen molar-refractivity contribution in [3.05, 3.63) is 102 Å². The largest absolute Gasteiger partial charge is 0.368 e. The maximum atomic E-state index is 13.3. The molecule has 0 aliphatic carbocycles. The van der Waals surface area contributed by atoms with Crippen molar-refractivity contribution in [2.75, 3.05) is 11.9 Å². The Hall–Kier alpha value is -4.81. The van der Waals surface area contributed by atoms with E-state index in [1.807, 2.05) is 48.5 Å². The lowest BCUT2D eigenvalue weighted by molar-refractivity contribution is -0.119. The summed E-state index contributed by atoms with van der Waals surface area (Å²) in [7, 11) is 0. The van der Waals surface area contributed by atoms with E-state index in [2.05, 4.69) is 33.7 Å². The molecule has 2 aromatic heterocycles. The zero-order chi connectivity index (χ0) is 26.2. The fourth-order valence-corrected chi connectivity index (χ4v) is 3.90. The number of amides is 2. The van der Waals surface area contributed by atoms with Crippen molar-refractivity contribution in [3.63, 3.8) is 0 Å². The van der Waals surface area contributed by atoms with Crippen LogP contribution in [-0.4, -0.2) is 33.1 Å². The highest BCUT2D eigenvalue weighted by Crippen LogP contribution is 2.22. The summed E-state index contributed by atoms with van der Waals surface area (Å²) in [5.41, 5.74) is 9.33. The summed E-state index contributed by atoms with van der Waals surface area (Å²) in [6.45, 7) is 2.62. The van der Waals surface area contributed by atoms with E-state index in [9.17, 15) is 9.59 Å². The second kappa shape index (κ2) is 11.7. The molecule has 0 saturated carbocycles. The average molecular weight is 494 g/mol. The minimum absolute atomic E-state index is 0.000756. The molecule has 4 aromatic rings. The van der Waals surface area contributed by atoms with Crippen LogP contribution in [0.2, 0.25) is 0 Å². The Kier molecular flexibility index (Phi) is 8.03. The third kappa shape index (κ3) is 6.66. The molecule has 2 atom stereocenters. The van der Waals surface area contributed by atoms with Gasteiger partial charge in [0.25, 0.3) is 0 Å². The minimum atomic E-state index is -0.587. The van der Waals surface area contributed by atoms with Gasteiger partial charge in [0.2, 0.25) is 11.8 Å². The summed E-state index contributed by atoms with van der Waals surface area (Å²) in [5, 5.41) is 19.4. The number of nitrogens with two attached hydrogens (primary N) is 1. The number of hydrogen-bond acceptors (Lipinski definition) is 6. The Morgan fingerprint density at radius 3 is 2.41 bits per heavy atom. The molecule has 2 heterocycles. The van der Waals surface area contributed by atoms with Crippen molar-refractivity contribution in [1.82, 2.24) is 20.1 Å². The van der Waals surface area contributed by atoms with Crippen molar-refractivity contribution >= 4 is 17.6 Å². The van der Waals surface area contributed by atoms with E-state index in [-0.39, 0.29) is 18.4 Å². The van der Waals surface area contributed by atoms with Crippen molar-refractivity contribution in [1.29, 1.82) is 5.26 Å². The Morgan fingerprint density at radius 2 is 1.76 bits per heavy atom. The first-order valence-corrected chi connectivity index (χ1v) is 11.8. The van der Waals surface area contributed by atoms with Crippen LogP contribution in [0.15, 0.2) is 85.3 Å². The van der Waals surface area contributed by atoms with Gasteiger partial charge in [0, 0.05) is 30.1 Å². The minimum Gasteiger partial charge on any atom is -0.368 e. The third-order valence-electron chi connectivity index (χ3n) is 5.93. The number of anilines is 1. The number of nitriles is 1. The van der Waals surface area contributed by atoms with Crippen LogP contribution in [0.5, 0.6) is 0 Å². The molecule has 0 radical (unpaired) electrons. The summed E-state index contributed by atoms with van der Waals surface area (Å²) in [5.74, 6) is -0.160. The number of carbonyl (C=O) groups is 2. The second-order valence-electron chi connectivity index (χ2n) is 8.70. The molecule has 0 saturated heterocycles. The average Bonchev–Trinajstić information content (AvgIpc) is 3.37. The number of nitrogens with one attached hydrogen (secondary N) is 2. The lowest BCUT2D eigenvalue weighted by atomic mass is 9.98. The van der Waals surface area contributed by atoms with Crippen molar-refractivity contribution in [3.8, 4) is 17.2 Å². The van der Waals surface area contributed by atoms with Crippen LogP contribution < -0.4 is 16.4 Å². The van der Waals surface area contributed by atoms with Crippen LogP contribution in [0.3, 0.4) is 0 Å². The normalized spacial score (nSPS) is 12.3. The Labute approximate surface area is 215 Å². The molecular formula is C28H27N7O2. The van der Waals surface area contributed by atoms with E-state index in [1.54, 1.807) is 36.8 Å². The molecule has 9 nitrogen and oxygen atoms in total. The van der Waals surface area contributed by atoms with Gasteiger partial charge in [-0.05, 0) is 41.3 Å². The van der Waals surface area contributed by atoms with Crippen LogP contribution in [-0.2, 0) is 16.1 Å². The van der Waals surface area contributed by atoms with Gasteiger partial charge >= 0.3 is 0 Å². The SMILES string of the molecule is C[C@H](CNC(C(=O)Nc1ccc(-c2cnn(CC(N)=O)c2)cn1)c1ccccc1)c1ccc(C#N)cc1. The zero-order valence-electron chi connectivity index (χ0n) is 20.3. The van der Waals surface area contributed by atoms with Gasteiger partial charge in [0.15, 0.2) is 0 Å². The number of rotatable bonds is 10. The molecule has 4 N–H and O–H groups in total. The summed E-state index contributed by atoms with van der Waals surface area (Å²) in [6.07, 6.45) is 4.98. The standard InChI is InChI=1S/C28H27N7O2/c1-19(21-9-7-20(13-29)8-10-21)14-32-27(22-5-3-2-4-6-22)28(37)34-26-12-11-23(15-31-26)24-16-33-35(17-24)18-25(30)36/h2-12,15-17,19,27,32H,14,18H2,1H3,(H2,30,36)(H,31,34,37)/t19-,27?/m1/s1. The summed E-state index contributed by atoms with van der Waals surface area (Å²) >= 11 is 0. The van der Waals surface area contributed by atoms with Crippen LogP contribution >= 0.6 is 0 Å². The number of pyridine rings is 1. The lowest BCUT2D eigenvalue weighted by Crippen LogP contribution is -2.35. The zero-order valence-corrected chi connectivity index (χ0v) is 20.3. The van der Waals surface area contributed by atoms with Gasteiger partial charge in [-0.1, -0.05) is 49.4 Å². The molecule has 0 aliphatic heterocycles. The monoisotopic (exact) mass is 493 g/mol. The van der Waals surface area contributed by atoms with E-state index in [0.29, 0.717) is 17.9 Å². The van der Waals surface area contributed by atoms with Crippen LogP contribution in [0, 0.1) is 11.3 Å². The molecule has 1 unspecified atom stereocenters. The van der Waals surface area contributed by atoms with E-state index in [0.717, 1.165) is 22.3 Å². The first-order chi connectivity index (χ1) is 17.9. The van der Waals surface area contributed by atoms with Gasteiger partial charge in [0.1, 0.15) is 18.4 Å². The van der Waals surface area contributed by atoms with Gasteiger partial charge in [0.05, 0.1) is 17.8 Å². The Morgan fingerprint density at radius 1 is 1.00 bits per heavy atom. The first-order valence-electron chi connectivity index (χ1n) is 11.8. The van der Waals surface area contributed by atoms with E-state index in [4.69, 9.17) is 11.0 Å². The molecular weight excluding hydrogens is 466 g/mol. The highest BCUT2D eigenvalue weighted by molar-refractivity contribution is 5.95. The summed E-state index contributed by atoms with van der Waals surface area (Å²) < 4.78 is 1.46. The number of aromatic nitrogens is 3. The Balaban J connectivity index is 1.44. The molecule has 9 heteroatoms. The van der Waals surface area contributed by atoms with E-state index < -0.39 is 11.9 Å². The van der Waals surface area contributed by atoms with Gasteiger partial charge in [-0.25, -0.2) is 4.98 Å².